The Balaban J connectivity index is 1.70. The number of hydrogen-bond donors (Lipinski definition) is 0. The van der Waals surface area contributed by atoms with Gasteiger partial charge in [-0.25, -0.2) is 8.42 Å². The number of likely N-dealkylation sites (tertiary alicyclic amines) is 1. The lowest BCUT2D eigenvalue weighted by molar-refractivity contribution is 0.0659. The van der Waals surface area contributed by atoms with Crippen LogP contribution < -0.4 is 0 Å². The normalized spacial score (nSPS) is 15.4. The van der Waals surface area contributed by atoms with Crippen LogP contribution >= 0.6 is 11.6 Å². The smallest absolute Gasteiger partial charge is 0.253 e. The predicted molar refractivity (Wildman–Crippen MR) is 84.8 cm³/mol. The Labute approximate surface area is 134 Å². The average molecular weight is 336 g/mol. The lowest BCUT2D eigenvalue weighted by Gasteiger charge is -2.38. The van der Waals surface area contributed by atoms with E-state index in [4.69, 9.17) is 11.6 Å². The second-order valence-electron chi connectivity index (χ2n) is 5.20. The molecule has 3 rings (SSSR count). The second-order valence-corrected chi connectivity index (χ2v) is 7.86. The van der Waals surface area contributed by atoms with Crippen LogP contribution in [0.3, 0.4) is 0 Å². The lowest BCUT2D eigenvalue weighted by atomic mass is 10.1. The number of carbonyl (C=O) groups excluding carboxylic acids is 1. The number of benzene rings is 2. The van der Waals surface area contributed by atoms with E-state index in [0.717, 1.165) is 0 Å². The number of rotatable bonds is 3. The van der Waals surface area contributed by atoms with E-state index >= 15 is 0 Å². The van der Waals surface area contributed by atoms with E-state index in [1.54, 1.807) is 41.3 Å². The van der Waals surface area contributed by atoms with E-state index in [1.807, 2.05) is 6.07 Å². The van der Waals surface area contributed by atoms with Crippen LogP contribution in [-0.2, 0) is 9.84 Å². The van der Waals surface area contributed by atoms with Crippen molar-refractivity contribution < 1.29 is 13.2 Å². The third kappa shape index (κ3) is 2.74. The molecule has 0 unspecified atom stereocenters. The van der Waals surface area contributed by atoms with Gasteiger partial charge >= 0.3 is 0 Å². The Kier molecular flexibility index (Phi) is 3.93. The zero-order valence-corrected chi connectivity index (χ0v) is 13.2. The Morgan fingerprint density at radius 1 is 1.00 bits per heavy atom. The molecule has 0 saturated carbocycles. The summed E-state index contributed by atoms with van der Waals surface area (Å²) in [6, 6.07) is 15.0. The maximum absolute atomic E-state index is 12.4. The van der Waals surface area contributed by atoms with E-state index < -0.39 is 15.1 Å². The van der Waals surface area contributed by atoms with Crippen molar-refractivity contribution >= 4 is 27.3 Å². The molecule has 0 atom stereocenters. The van der Waals surface area contributed by atoms with Crippen molar-refractivity contribution in [2.45, 2.75) is 10.1 Å². The fraction of sp³-hybridized carbons (Fsp3) is 0.188. The molecule has 1 aliphatic rings. The molecule has 4 nitrogen and oxygen atoms in total. The summed E-state index contributed by atoms with van der Waals surface area (Å²) in [6.07, 6.45) is 0. The van der Waals surface area contributed by atoms with Crippen LogP contribution in [0.1, 0.15) is 10.4 Å². The summed E-state index contributed by atoms with van der Waals surface area (Å²) < 4.78 is 24.9. The van der Waals surface area contributed by atoms with Crippen molar-refractivity contribution in [2.75, 3.05) is 13.1 Å². The van der Waals surface area contributed by atoms with Crippen LogP contribution in [-0.4, -0.2) is 37.6 Å². The molecule has 1 aliphatic heterocycles. The number of carbonyl (C=O) groups is 1. The minimum absolute atomic E-state index is 0.136. The monoisotopic (exact) mass is 335 g/mol. The average Bonchev–Trinajstić information content (AvgIpc) is 2.46. The van der Waals surface area contributed by atoms with E-state index in [-0.39, 0.29) is 23.9 Å². The molecule has 0 radical (unpaired) electrons. The molecule has 22 heavy (non-hydrogen) atoms. The molecule has 1 amide bonds. The maximum atomic E-state index is 12.4. The molecule has 114 valence electrons. The minimum atomic E-state index is -3.42. The topological polar surface area (TPSA) is 54.5 Å². The Morgan fingerprint density at radius 2 is 1.59 bits per heavy atom. The van der Waals surface area contributed by atoms with Gasteiger partial charge in [-0.1, -0.05) is 29.8 Å². The SMILES string of the molecule is O=C(c1ccccc1)N1CC(S(=O)(=O)c2ccc(Cl)cc2)C1. The van der Waals surface area contributed by atoms with Crippen molar-refractivity contribution in [1.29, 1.82) is 0 Å². The van der Waals surface area contributed by atoms with Gasteiger partial charge in [0.1, 0.15) is 5.25 Å². The Hall–Kier alpha value is -1.85. The zero-order valence-electron chi connectivity index (χ0n) is 11.6. The number of hydrogen-bond acceptors (Lipinski definition) is 3. The zero-order chi connectivity index (χ0) is 15.7. The molecule has 0 aromatic heterocycles. The van der Waals surface area contributed by atoms with Crippen molar-refractivity contribution in [3.05, 3.63) is 65.2 Å². The van der Waals surface area contributed by atoms with Gasteiger partial charge in [0.15, 0.2) is 9.84 Å². The van der Waals surface area contributed by atoms with E-state index in [0.29, 0.717) is 10.6 Å². The third-order valence-corrected chi connectivity index (χ3v) is 6.09. The summed E-state index contributed by atoms with van der Waals surface area (Å²) in [6.45, 7) is 0.442. The molecule has 1 saturated heterocycles. The molecule has 0 bridgehead atoms. The van der Waals surface area contributed by atoms with Gasteiger partial charge in [-0.3, -0.25) is 4.79 Å². The first kappa shape index (κ1) is 15.1. The number of sulfone groups is 1. The molecule has 1 fully saturated rings. The first-order valence-electron chi connectivity index (χ1n) is 6.82. The highest BCUT2D eigenvalue weighted by molar-refractivity contribution is 7.92. The summed E-state index contributed by atoms with van der Waals surface area (Å²) in [5.41, 5.74) is 0.574. The van der Waals surface area contributed by atoms with Gasteiger partial charge in [-0.15, -0.1) is 0 Å². The first-order valence-corrected chi connectivity index (χ1v) is 8.75. The van der Waals surface area contributed by atoms with Gasteiger partial charge in [0, 0.05) is 23.7 Å². The van der Waals surface area contributed by atoms with Crippen LogP contribution in [0.4, 0.5) is 0 Å². The molecule has 0 aliphatic carbocycles. The number of halogens is 1. The Bertz CT molecular complexity index is 782. The van der Waals surface area contributed by atoms with Crippen LogP contribution in [0.2, 0.25) is 5.02 Å². The molecule has 0 spiro atoms. The summed E-state index contributed by atoms with van der Waals surface area (Å²) in [5, 5.41) is -0.0604. The second kappa shape index (κ2) is 5.74. The fourth-order valence-electron chi connectivity index (χ4n) is 2.38. The molecule has 2 aromatic rings. The molecule has 1 heterocycles. The van der Waals surface area contributed by atoms with Gasteiger partial charge in [-0.05, 0) is 36.4 Å². The van der Waals surface area contributed by atoms with Gasteiger partial charge in [0.25, 0.3) is 5.91 Å². The van der Waals surface area contributed by atoms with Gasteiger partial charge < -0.3 is 4.90 Å². The van der Waals surface area contributed by atoms with Crippen LogP contribution in [0.25, 0.3) is 0 Å². The van der Waals surface area contributed by atoms with Crippen LogP contribution in [0.5, 0.6) is 0 Å². The van der Waals surface area contributed by atoms with Crippen LogP contribution in [0, 0.1) is 0 Å². The van der Waals surface area contributed by atoms with Crippen molar-refractivity contribution in [3.8, 4) is 0 Å². The maximum Gasteiger partial charge on any atom is 0.253 e. The highest BCUT2D eigenvalue weighted by Gasteiger charge is 2.40. The largest absolute Gasteiger partial charge is 0.336 e. The summed E-state index contributed by atoms with van der Waals surface area (Å²) in [7, 11) is -3.42. The quantitative estimate of drug-likeness (QED) is 0.866. The molecule has 6 heteroatoms. The summed E-state index contributed by atoms with van der Waals surface area (Å²) in [5.74, 6) is -0.136. The predicted octanol–water partition coefficient (Wildman–Crippen LogP) is 2.64. The van der Waals surface area contributed by atoms with Gasteiger partial charge in [-0.2, -0.15) is 0 Å². The first-order chi connectivity index (χ1) is 10.5. The molecule has 2 aromatic carbocycles. The Morgan fingerprint density at radius 3 is 2.18 bits per heavy atom. The highest BCUT2D eigenvalue weighted by atomic mass is 35.5. The third-order valence-electron chi connectivity index (χ3n) is 3.74. The fourth-order valence-corrected chi connectivity index (χ4v) is 4.16. The van der Waals surface area contributed by atoms with E-state index in [9.17, 15) is 13.2 Å². The van der Waals surface area contributed by atoms with Gasteiger partial charge in [0.2, 0.25) is 0 Å². The van der Waals surface area contributed by atoms with Crippen LogP contribution in [0.15, 0.2) is 59.5 Å². The number of nitrogens with zero attached hydrogens (tertiary/aromatic N) is 1. The van der Waals surface area contributed by atoms with Crippen molar-refractivity contribution in [3.63, 3.8) is 0 Å². The summed E-state index contributed by atoms with van der Waals surface area (Å²) >= 11 is 5.77. The number of amides is 1. The lowest BCUT2D eigenvalue weighted by Crippen LogP contribution is -2.56. The van der Waals surface area contributed by atoms with Crippen molar-refractivity contribution in [1.82, 2.24) is 4.90 Å². The minimum Gasteiger partial charge on any atom is -0.336 e. The standard InChI is InChI=1S/C16H14ClNO3S/c17-13-6-8-14(9-7-13)22(20,21)15-10-18(11-15)16(19)12-4-2-1-3-5-12/h1-9,15H,10-11H2. The van der Waals surface area contributed by atoms with E-state index in [1.165, 1.54) is 12.1 Å². The van der Waals surface area contributed by atoms with E-state index in [2.05, 4.69) is 0 Å². The van der Waals surface area contributed by atoms with Crippen molar-refractivity contribution in [2.24, 2.45) is 0 Å². The molecular weight excluding hydrogens is 322 g/mol. The molecule has 0 N–H and O–H groups in total. The van der Waals surface area contributed by atoms with Gasteiger partial charge in [0.05, 0.1) is 4.90 Å². The molecular formula is C16H14ClNO3S. The highest BCUT2D eigenvalue weighted by Crippen LogP contribution is 2.26. The summed E-state index contributed by atoms with van der Waals surface area (Å²) in [4.78, 5) is 14.0.